The van der Waals surface area contributed by atoms with Crippen LogP contribution in [0, 0.1) is 0 Å². The molecule has 7 nitrogen and oxygen atoms in total. The minimum absolute atomic E-state index is 0.474. The zero-order valence-corrected chi connectivity index (χ0v) is 11.7. The number of carbonyl (C=O) groups excluding carboxylic acids is 3. The molecule has 5 atom stereocenters. The van der Waals surface area contributed by atoms with Gasteiger partial charge >= 0.3 is 17.9 Å². The molecule has 1 saturated heterocycles. The molecule has 1 heterocycles. The summed E-state index contributed by atoms with van der Waals surface area (Å²) in [5.74, 6) is -2.36. The van der Waals surface area contributed by atoms with Crippen molar-refractivity contribution in [1.82, 2.24) is 0 Å². The lowest BCUT2D eigenvalue weighted by atomic mass is 10.00. The second-order valence-electron chi connectivity index (χ2n) is 4.42. The first-order valence-electron chi connectivity index (χ1n) is 6.13. The molecule has 0 saturated carbocycles. The van der Waals surface area contributed by atoms with Gasteiger partial charge in [0.25, 0.3) is 0 Å². The number of carbonyl (C=O) groups is 3. The van der Waals surface area contributed by atoms with Crippen molar-refractivity contribution >= 4 is 17.9 Å². The highest BCUT2D eigenvalue weighted by Gasteiger charge is 2.51. The van der Waals surface area contributed by atoms with Crippen LogP contribution in [0.15, 0.2) is 0 Å². The number of esters is 3. The Kier molecular flexibility index (Phi) is 6.01. The summed E-state index contributed by atoms with van der Waals surface area (Å²) in [5.41, 5.74) is 0. The summed E-state index contributed by atoms with van der Waals surface area (Å²) in [4.78, 5) is 32.8. The number of hydrogen-bond acceptors (Lipinski definition) is 7. The first-order chi connectivity index (χ1) is 9.72. The van der Waals surface area contributed by atoms with Crippen LogP contribution in [0.5, 0.6) is 0 Å². The van der Waals surface area contributed by atoms with Crippen molar-refractivity contribution in [3.05, 3.63) is 0 Å². The molecule has 1 aliphatic rings. The Morgan fingerprint density at radius 2 is 1.48 bits per heavy atom. The third kappa shape index (κ3) is 4.92. The minimum Gasteiger partial charge on any atom is -0.463 e. The fourth-order valence-corrected chi connectivity index (χ4v) is 1.85. The lowest BCUT2D eigenvalue weighted by Crippen LogP contribution is -2.58. The Labute approximate surface area is 119 Å². The number of halogens is 2. The number of alkyl halides is 2. The molecule has 0 radical (unpaired) electrons. The first-order valence-corrected chi connectivity index (χ1v) is 6.13. The van der Waals surface area contributed by atoms with Crippen molar-refractivity contribution in [3.8, 4) is 0 Å². The van der Waals surface area contributed by atoms with E-state index in [0.29, 0.717) is 0 Å². The highest BCUT2D eigenvalue weighted by atomic mass is 19.2. The van der Waals surface area contributed by atoms with Crippen LogP contribution in [0.4, 0.5) is 8.78 Å². The summed E-state index contributed by atoms with van der Waals surface area (Å²) in [7, 11) is 0. The monoisotopic (exact) mass is 310 g/mol. The smallest absolute Gasteiger partial charge is 0.303 e. The van der Waals surface area contributed by atoms with Gasteiger partial charge in [0.15, 0.2) is 18.4 Å². The van der Waals surface area contributed by atoms with Crippen LogP contribution in [-0.2, 0) is 33.3 Å². The molecule has 1 fully saturated rings. The van der Waals surface area contributed by atoms with Gasteiger partial charge in [0.2, 0.25) is 6.36 Å². The lowest BCUT2D eigenvalue weighted by molar-refractivity contribution is -0.259. The van der Waals surface area contributed by atoms with Crippen LogP contribution in [-0.4, -0.2) is 55.4 Å². The lowest BCUT2D eigenvalue weighted by Gasteiger charge is -2.39. The van der Waals surface area contributed by atoms with Gasteiger partial charge < -0.3 is 18.9 Å². The average molecular weight is 310 g/mol. The molecule has 0 spiro atoms. The van der Waals surface area contributed by atoms with E-state index in [9.17, 15) is 23.2 Å². The Balaban J connectivity index is 2.94. The Hall–Kier alpha value is -1.77. The molecule has 21 heavy (non-hydrogen) atoms. The zero-order valence-electron chi connectivity index (χ0n) is 11.7. The molecule has 0 amide bonds. The number of hydrogen-bond donors (Lipinski definition) is 0. The van der Waals surface area contributed by atoms with Gasteiger partial charge in [-0.1, -0.05) is 0 Å². The fourth-order valence-electron chi connectivity index (χ4n) is 1.85. The first kappa shape index (κ1) is 17.3. The van der Waals surface area contributed by atoms with Gasteiger partial charge in [0.05, 0.1) is 0 Å². The molecule has 120 valence electrons. The SMILES string of the molecule is CC(=O)OCC1O[C@H](F)C(F)C(OC(C)=O)[C@H]1OC(C)=O. The molecule has 3 unspecified atom stereocenters. The molecule has 9 heteroatoms. The molecule has 0 aromatic rings. The summed E-state index contributed by atoms with van der Waals surface area (Å²) < 4.78 is 46.1. The highest BCUT2D eigenvalue weighted by Crippen LogP contribution is 2.29. The van der Waals surface area contributed by atoms with E-state index in [1.54, 1.807) is 0 Å². The van der Waals surface area contributed by atoms with Crippen LogP contribution in [0.2, 0.25) is 0 Å². The predicted molar refractivity (Wildman–Crippen MR) is 62.4 cm³/mol. The topological polar surface area (TPSA) is 88.1 Å². The van der Waals surface area contributed by atoms with Crippen molar-refractivity contribution in [1.29, 1.82) is 0 Å². The number of rotatable bonds is 4. The largest absolute Gasteiger partial charge is 0.463 e. The van der Waals surface area contributed by atoms with E-state index < -0.39 is 55.4 Å². The molecule has 0 bridgehead atoms. The summed E-state index contributed by atoms with van der Waals surface area (Å²) >= 11 is 0. The van der Waals surface area contributed by atoms with Crippen LogP contribution >= 0.6 is 0 Å². The van der Waals surface area contributed by atoms with Gasteiger partial charge in [-0.05, 0) is 0 Å². The molecule has 0 N–H and O–H groups in total. The van der Waals surface area contributed by atoms with E-state index >= 15 is 0 Å². The van der Waals surface area contributed by atoms with Crippen molar-refractivity contribution in [2.24, 2.45) is 0 Å². The molecule has 1 aliphatic heterocycles. The van der Waals surface area contributed by atoms with Crippen LogP contribution in [0.25, 0.3) is 0 Å². The average Bonchev–Trinajstić information content (AvgIpc) is 2.35. The molecular formula is C12H16F2O7. The Bertz CT molecular complexity index is 414. The maximum Gasteiger partial charge on any atom is 0.303 e. The van der Waals surface area contributed by atoms with Gasteiger partial charge in [0, 0.05) is 20.8 Å². The van der Waals surface area contributed by atoms with E-state index in [0.717, 1.165) is 20.8 Å². The maximum atomic E-state index is 13.8. The van der Waals surface area contributed by atoms with E-state index in [4.69, 9.17) is 4.74 Å². The number of ether oxygens (including phenoxy) is 4. The normalized spacial score (nSPS) is 32.1. The van der Waals surface area contributed by atoms with E-state index in [1.807, 2.05) is 0 Å². The molecule has 0 aromatic carbocycles. The second-order valence-corrected chi connectivity index (χ2v) is 4.42. The highest BCUT2D eigenvalue weighted by molar-refractivity contribution is 5.67. The van der Waals surface area contributed by atoms with Crippen LogP contribution < -0.4 is 0 Å². The molecule has 0 aliphatic carbocycles. The third-order valence-corrected chi connectivity index (χ3v) is 2.61. The molecular weight excluding hydrogens is 294 g/mol. The van der Waals surface area contributed by atoms with Crippen LogP contribution in [0.1, 0.15) is 20.8 Å². The fraction of sp³-hybridized carbons (Fsp3) is 0.750. The second kappa shape index (κ2) is 7.30. The zero-order chi connectivity index (χ0) is 16.2. The van der Waals surface area contributed by atoms with Crippen molar-refractivity contribution < 1.29 is 42.1 Å². The quantitative estimate of drug-likeness (QED) is 0.550. The van der Waals surface area contributed by atoms with Crippen molar-refractivity contribution in [2.75, 3.05) is 6.61 Å². The summed E-state index contributed by atoms with van der Waals surface area (Å²) in [6, 6.07) is 0. The van der Waals surface area contributed by atoms with Crippen molar-refractivity contribution in [2.45, 2.75) is 51.6 Å². The molecule has 1 rings (SSSR count). The summed E-state index contributed by atoms with van der Waals surface area (Å²) in [6.45, 7) is 2.68. The van der Waals surface area contributed by atoms with Crippen LogP contribution in [0.3, 0.4) is 0 Å². The Morgan fingerprint density at radius 1 is 0.952 bits per heavy atom. The van der Waals surface area contributed by atoms with Crippen molar-refractivity contribution in [3.63, 3.8) is 0 Å². The Morgan fingerprint density at radius 3 is 1.95 bits per heavy atom. The maximum absolute atomic E-state index is 13.8. The van der Waals surface area contributed by atoms with E-state index in [2.05, 4.69) is 14.2 Å². The van der Waals surface area contributed by atoms with Gasteiger partial charge in [0.1, 0.15) is 12.7 Å². The third-order valence-electron chi connectivity index (χ3n) is 2.61. The van der Waals surface area contributed by atoms with Gasteiger partial charge in [-0.15, -0.1) is 0 Å². The van der Waals surface area contributed by atoms with Gasteiger partial charge in [-0.3, -0.25) is 14.4 Å². The summed E-state index contributed by atoms with van der Waals surface area (Å²) in [5, 5.41) is 0. The summed E-state index contributed by atoms with van der Waals surface area (Å²) in [6.07, 6.45) is -9.12. The van der Waals surface area contributed by atoms with Gasteiger partial charge in [-0.25, -0.2) is 8.78 Å². The standard InChI is InChI=1S/C12H16F2O7/c1-5(15)18-4-8-10(19-6(2)16)11(20-7(3)17)9(13)12(14)21-8/h8-12H,4H2,1-3H3/t8?,9?,10-,11?,12-/m0/s1. The van der Waals surface area contributed by atoms with Gasteiger partial charge in [-0.2, -0.15) is 0 Å². The van der Waals surface area contributed by atoms with E-state index in [-0.39, 0.29) is 0 Å². The molecule has 0 aromatic heterocycles. The minimum atomic E-state index is -2.40. The van der Waals surface area contributed by atoms with E-state index in [1.165, 1.54) is 0 Å². The predicted octanol–water partition coefficient (Wildman–Crippen LogP) is 0.445.